The van der Waals surface area contributed by atoms with Crippen LogP contribution in [0.4, 0.5) is 0 Å². The van der Waals surface area contributed by atoms with Crippen LogP contribution in [0.25, 0.3) is 11.2 Å². The van der Waals surface area contributed by atoms with E-state index < -0.39 is 0 Å². The highest BCUT2D eigenvalue weighted by Gasteiger charge is 2.34. The van der Waals surface area contributed by atoms with Crippen LogP contribution in [-0.4, -0.2) is 19.5 Å². The fraction of sp³-hybridized carbons (Fsp3) is 0.643. The minimum Gasteiger partial charge on any atom is -0.336 e. The molecule has 1 aliphatic carbocycles. The van der Waals surface area contributed by atoms with Crippen LogP contribution in [0.5, 0.6) is 0 Å². The van der Waals surface area contributed by atoms with Crippen LogP contribution in [0.1, 0.15) is 51.8 Å². The van der Waals surface area contributed by atoms with Gasteiger partial charge in [0.05, 0.1) is 0 Å². The van der Waals surface area contributed by atoms with E-state index in [-0.39, 0.29) is 16.7 Å². The Hall–Kier alpha value is -1.85. The lowest BCUT2D eigenvalue weighted by Gasteiger charge is -2.19. The third-order valence-corrected chi connectivity index (χ3v) is 4.36. The highest BCUT2D eigenvalue weighted by molar-refractivity contribution is 5.70. The number of hydrogen-bond donors (Lipinski definition) is 2. The molecule has 3 rings (SSSR count). The molecule has 0 unspecified atom stereocenters. The molecule has 2 aromatic rings. The molecule has 0 aromatic carbocycles. The Kier molecular flexibility index (Phi) is 3.03. The number of imidazole rings is 1. The van der Waals surface area contributed by atoms with Gasteiger partial charge in [0, 0.05) is 12.0 Å². The summed E-state index contributed by atoms with van der Waals surface area (Å²) in [5.41, 5.74) is 0.153. The average Bonchev–Trinajstić information content (AvgIpc) is 3.02. The second-order valence-corrected chi connectivity index (χ2v) is 5.96. The van der Waals surface area contributed by atoms with E-state index in [1.807, 2.05) is 6.92 Å². The van der Waals surface area contributed by atoms with Gasteiger partial charge in [0.1, 0.15) is 11.3 Å². The van der Waals surface area contributed by atoms with Gasteiger partial charge in [-0.3, -0.25) is 14.3 Å². The first kappa shape index (κ1) is 13.1. The zero-order valence-corrected chi connectivity index (χ0v) is 12.0. The van der Waals surface area contributed by atoms with Crippen molar-refractivity contribution in [3.63, 3.8) is 0 Å². The van der Waals surface area contributed by atoms with Gasteiger partial charge in [-0.15, -0.1) is 0 Å². The summed E-state index contributed by atoms with van der Waals surface area (Å²) in [6.45, 7) is 4.73. The number of nitrogens with zero attached hydrogens (tertiary/aromatic N) is 2. The Balaban J connectivity index is 2.24. The molecule has 0 aliphatic heterocycles. The van der Waals surface area contributed by atoms with Crippen LogP contribution in [0.3, 0.4) is 0 Å². The summed E-state index contributed by atoms with van der Waals surface area (Å²) in [5.74, 6) is 0.839. The number of aryl methyl sites for hydroxylation is 1. The first-order valence-corrected chi connectivity index (χ1v) is 7.28. The quantitative estimate of drug-likeness (QED) is 0.894. The van der Waals surface area contributed by atoms with E-state index in [9.17, 15) is 9.59 Å². The molecule has 20 heavy (non-hydrogen) atoms. The zero-order chi connectivity index (χ0) is 14.3. The molecule has 0 atom stereocenters. The third kappa shape index (κ3) is 1.90. The van der Waals surface area contributed by atoms with Crippen LogP contribution >= 0.6 is 0 Å². The van der Waals surface area contributed by atoms with Gasteiger partial charge >= 0.3 is 5.69 Å². The molecule has 2 aromatic heterocycles. The van der Waals surface area contributed by atoms with Crippen LogP contribution < -0.4 is 11.2 Å². The molecule has 2 heterocycles. The molecule has 2 N–H and O–H groups in total. The number of aromatic amines is 2. The number of nitrogens with one attached hydrogen (secondary N) is 2. The Bertz CT molecular complexity index is 747. The average molecular weight is 276 g/mol. The zero-order valence-electron chi connectivity index (χ0n) is 12.0. The van der Waals surface area contributed by atoms with Gasteiger partial charge in [0.25, 0.3) is 5.56 Å². The summed E-state index contributed by atoms with van der Waals surface area (Å²) in [4.78, 5) is 34.0. The number of rotatable bonds is 3. The predicted molar refractivity (Wildman–Crippen MR) is 77.1 cm³/mol. The Morgan fingerprint density at radius 2 is 1.95 bits per heavy atom. The smallest absolute Gasteiger partial charge is 0.330 e. The number of hydrogen-bond acceptors (Lipinski definition) is 3. The van der Waals surface area contributed by atoms with Crippen LogP contribution in [0.2, 0.25) is 0 Å². The first-order chi connectivity index (χ1) is 9.55. The van der Waals surface area contributed by atoms with E-state index in [0.717, 1.165) is 25.1 Å². The van der Waals surface area contributed by atoms with Crippen molar-refractivity contribution in [1.82, 2.24) is 19.5 Å². The number of H-pyrrole nitrogens is 2. The van der Waals surface area contributed by atoms with E-state index in [1.165, 1.54) is 12.8 Å². The van der Waals surface area contributed by atoms with E-state index >= 15 is 0 Å². The van der Waals surface area contributed by atoms with Gasteiger partial charge in [-0.2, -0.15) is 0 Å². The summed E-state index contributed by atoms with van der Waals surface area (Å²) in [7, 11) is 0. The van der Waals surface area contributed by atoms with E-state index in [0.29, 0.717) is 17.7 Å². The van der Waals surface area contributed by atoms with Gasteiger partial charge in [-0.1, -0.05) is 26.7 Å². The normalized spacial score (nSPS) is 17.9. The summed E-state index contributed by atoms with van der Waals surface area (Å²) >= 11 is 0. The van der Waals surface area contributed by atoms with Gasteiger partial charge in [-0.25, -0.2) is 9.78 Å². The topological polar surface area (TPSA) is 83.5 Å². The minimum absolute atomic E-state index is 0.00144. The summed E-state index contributed by atoms with van der Waals surface area (Å²) in [5, 5.41) is 0. The van der Waals surface area contributed by atoms with E-state index in [4.69, 9.17) is 0 Å². The van der Waals surface area contributed by atoms with E-state index in [2.05, 4.69) is 21.9 Å². The fourth-order valence-corrected chi connectivity index (χ4v) is 3.15. The molecule has 0 saturated heterocycles. The van der Waals surface area contributed by atoms with Gasteiger partial charge < -0.3 is 4.98 Å². The Morgan fingerprint density at radius 3 is 2.60 bits per heavy atom. The van der Waals surface area contributed by atoms with Crippen molar-refractivity contribution in [2.75, 3.05) is 0 Å². The molecule has 6 nitrogen and oxygen atoms in total. The standard InChI is InChI=1S/C14H20N4O2/c1-3-8-18-10-9(11(19)17-13(18)20)15-12(16-10)14(2)6-4-5-7-14/h3-8H2,1-2H3,(H,15,16)(H,17,19,20). The molecule has 0 bridgehead atoms. The minimum atomic E-state index is -0.377. The maximum Gasteiger partial charge on any atom is 0.330 e. The lowest BCUT2D eigenvalue weighted by molar-refractivity contribution is 0.464. The van der Waals surface area contributed by atoms with Crippen LogP contribution in [0.15, 0.2) is 9.59 Å². The second-order valence-electron chi connectivity index (χ2n) is 5.96. The van der Waals surface area contributed by atoms with Gasteiger partial charge in [0.2, 0.25) is 0 Å². The summed E-state index contributed by atoms with van der Waals surface area (Å²) in [6.07, 6.45) is 5.34. The summed E-state index contributed by atoms with van der Waals surface area (Å²) < 4.78 is 1.55. The van der Waals surface area contributed by atoms with Crippen molar-refractivity contribution in [2.24, 2.45) is 0 Å². The molecular weight excluding hydrogens is 256 g/mol. The largest absolute Gasteiger partial charge is 0.336 e. The molecular formula is C14H20N4O2. The molecule has 1 saturated carbocycles. The van der Waals surface area contributed by atoms with Crippen LogP contribution in [0, 0.1) is 0 Å². The maximum atomic E-state index is 11.9. The molecule has 1 aliphatic rings. The van der Waals surface area contributed by atoms with Crippen molar-refractivity contribution in [2.45, 2.75) is 57.9 Å². The highest BCUT2D eigenvalue weighted by atomic mass is 16.2. The van der Waals surface area contributed by atoms with Crippen molar-refractivity contribution in [3.05, 3.63) is 26.7 Å². The SMILES string of the molecule is CCCn1c(=O)[nH]c(=O)c2[nH]c(C3(C)CCCC3)nc21. The lowest BCUT2D eigenvalue weighted by Crippen LogP contribution is -2.30. The number of aromatic nitrogens is 4. The van der Waals surface area contributed by atoms with Crippen molar-refractivity contribution in [3.8, 4) is 0 Å². The Labute approximate surface area is 116 Å². The lowest BCUT2D eigenvalue weighted by atomic mass is 9.88. The van der Waals surface area contributed by atoms with Crippen molar-refractivity contribution in [1.29, 1.82) is 0 Å². The molecule has 108 valence electrons. The van der Waals surface area contributed by atoms with Gasteiger partial charge in [0.15, 0.2) is 5.65 Å². The number of fused-ring (bicyclic) bond motifs is 1. The maximum absolute atomic E-state index is 11.9. The monoisotopic (exact) mass is 276 g/mol. The molecule has 0 amide bonds. The highest BCUT2D eigenvalue weighted by Crippen LogP contribution is 2.39. The second kappa shape index (κ2) is 4.61. The molecule has 6 heteroatoms. The molecule has 0 radical (unpaired) electrons. The molecule has 0 spiro atoms. The van der Waals surface area contributed by atoms with Crippen LogP contribution in [-0.2, 0) is 12.0 Å². The fourth-order valence-electron chi connectivity index (χ4n) is 3.15. The van der Waals surface area contributed by atoms with Gasteiger partial charge in [-0.05, 0) is 19.3 Å². The van der Waals surface area contributed by atoms with E-state index in [1.54, 1.807) is 4.57 Å². The summed E-state index contributed by atoms with van der Waals surface area (Å²) in [6, 6.07) is 0. The Morgan fingerprint density at radius 1 is 1.25 bits per heavy atom. The first-order valence-electron chi connectivity index (χ1n) is 7.28. The third-order valence-electron chi connectivity index (χ3n) is 4.36. The van der Waals surface area contributed by atoms with Crippen molar-refractivity contribution < 1.29 is 0 Å². The molecule has 1 fully saturated rings. The predicted octanol–water partition coefficient (Wildman–Crippen LogP) is 1.65. The van der Waals surface area contributed by atoms with Crippen molar-refractivity contribution >= 4 is 11.2 Å².